The van der Waals surface area contributed by atoms with Gasteiger partial charge in [-0.2, -0.15) is 0 Å². The number of piperidine rings is 1. The molecule has 1 unspecified atom stereocenters. The molecular weight excluding hydrogens is 243 g/mol. The number of rotatable bonds is 5. The van der Waals surface area contributed by atoms with Crippen molar-refractivity contribution in [2.45, 2.75) is 19.4 Å². The van der Waals surface area contributed by atoms with E-state index < -0.39 is 0 Å². The molecule has 3 nitrogen and oxygen atoms in total. The molecule has 0 aromatic heterocycles. The van der Waals surface area contributed by atoms with Crippen LogP contribution in [0.1, 0.15) is 18.4 Å². The second-order valence-electron chi connectivity index (χ2n) is 5.33. The van der Waals surface area contributed by atoms with Gasteiger partial charge in [-0.05, 0) is 45.0 Å². The minimum Gasteiger partial charge on any atom is -0.494 e. The SMILES string of the molecule is COc1cccc(CNCC2CCCN(C)C2)c1F. The van der Waals surface area contributed by atoms with Crippen LogP contribution in [0.2, 0.25) is 0 Å². The van der Waals surface area contributed by atoms with Crippen molar-refractivity contribution in [1.29, 1.82) is 0 Å². The third-order valence-electron chi connectivity index (χ3n) is 3.73. The van der Waals surface area contributed by atoms with Crippen molar-refractivity contribution in [2.75, 3.05) is 33.8 Å². The van der Waals surface area contributed by atoms with E-state index in [1.165, 1.54) is 26.5 Å². The van der Waals surface area contributed by atoms with Gasteiger partial charge >= 0.3 is 0 Å². The molecule has 0 spiro atoms. The molecule has 0 amide bonds. The molecule has 2 rings (SSSR count). The van der Waals surface area contributed by atoms with Gasteiger partial charge < -0.3 is 15.0 Å². The van der Waals surface area contributed by atoms with Crippen molar-refractivity contribution in [1.82, 2.24) is 10.2 Å². The van der Waals surface area contributed by atoms with Gasteiger partial charge in [-0.25, -0.2) is 4.39 Å². The fraction of sp³-hybridized carbons (Fsp3) is 0.600. The Morgan fingerprint density at radius 3 is 3.05 bits per heavy atom. The quantitative estimate of drug-likeness (QED) is 0.885. The van der Waals surface area contributed by atoms with E-state index in [-0.39, 0.29) is 5.82 Å². The Morgan fingerprint density at radius 1 is 1.47 bits per heavy atom. The summed E-state index contributed by atoms with van der Waals surface area (Å²) in [5.74, 6) is 0.738. The lowest BCUT2D eigenvalue weighted by molar-refractivity contribution is 0.206. The van der Waals surface area contributed by atoms with Gasteiger partial charge in [0.05, 0.1) is 7.11 Å². The fourth-order valence-electron chi connectivity index (χ4n) is 2.70. The Kier molecular flexibility index (Phi) is 5.16. The summed E-state index contributed by atoms with van der Waals surface area (Å²) in [5, 5.41) is 3.36. The van der Waals surface area contributed by atoms with E-state index >= 15 is 0 Å². The van der Waals surface area contributed by atoms with Crippen LogP contribution < -0.4 is 10.1 Å². The topological polar surface area (TPSA) is 24.5 Å². The van der Waals surface area contributed by atoms with E-state index in [2.05, 4.69) is 17.3 Å². The first-order valence-electron chi connectivity index (χ1n) is 6.91. The lowest BCUT2D eigenvalue weighted by atomic mass is 9.98. The first-order valence-corrected chi connectivity index (χ1v) is 6.91. The first kappa shape index (κ1) is 14.3. The molecule has 106 valence electrons. The minimum atomic E-state index is -0.252. The molecule has 1 N–H and O–H groups in total. The van der Waals surface area contributed by atoms with Crippen molar-refractivity contribution in [3.63, 3.8) is 0 Å². The number of nitrogens with zero attached hydrogens (tertiary/aromatic N) is 1. The number of hydrogen-bond donors (Lipinski definition) is 1. The number of halogens is 1. The summed E-state index contributed by atoms with van der Waals surface area (Å²) in [6, 6.07) is 5.28. The predicted octanol–water partition coefficient (Wildman–Crippen LogP) is 2.27. The second-order valence-corrected chi connectivity index (χ2v) is 5.33. The van der Waals surface area contributed by atoms with Crippen LogP contribution >= 0.6 is 0 Å². The molecule has 1 heterocycles. The molecule has 19 heavy (non-hydrogen) atoms. The molecule has 0 bridgehead atoms. The summed E-state index contributed by atoms with van der Waals surface area (Å²) in [5.41, 5.74) is 0.670. The summed E-state index contributed by atoms with van der Waals surface area (Å²) in [6.45, 7) is 3.83. The van der Waals surface area contributed by atoms with Crippen LogP contribution in [0.15, 0.2) is 18.2 Å². The smallest absolute Gasteiger partial charge is 0.169 e. The highest BCUT2D eigenvalue weighted by Gasteiger charge is 2.16. The van der Waals surface area contributed by atoms with E-state index in [9.17, 15) is 4.39 Å². The van der Waals surface area contributed by atoms with Crippen molar-refractivity contribution in [2.24, 2.45) is 5.92 Å². The van der Waals surface area contributed by atoms with Crippen molar-refractivity contribution >= 4 is 0 Å². The zero-order valence-corrected chi connectivity index (χ0v) is 11.8. The van der Waals surface area contributed by atoms with E-state index in [1.807, 2.05) is 6.07 Å². The standard InChI is InChI=1S/C15H23FN2O/c1-18-8-4-5-12(11-18)9-17-10-13-6-3-7-14(19-2)15(13)16/h3,6-7,12,17H,4-5,8-11H2,1-2H3. The molecule has 1 saturated heterocycles. The molecule has 1 aliphatic heterocycles. The molecule has 1 aromatic carbocycles. The van der Waals surface area contributed by atoms with Crippen LogP contribution in [-0.2, 0) is 6.54 Å². The first-order chi connectivity index (χ1) is 9.20. The lowest BCUT2D eigenvalue weighted by Crippen LogP contribution is -2.37. The van der Waals surface area contributed by atoms with Crippen LogP contribution in [0.5, 0.6) is 5.75 Å². The largest absolute Gasteiger partial charge is 0.494 e. The Hall–Kier alpha value is -1.13. The minimum absolute atomic E-state index is 0.252. The summed E-state index contributed by atoms with van der Waals surface area (Å²) in [7, 11) is 3.65. The van der Waals surface area contributed by atoms with Crippen LogP contribution in [0.3, 0.4) is 0 Å². The van der Waals surface area contributed by atoms with Crippen LogP contribution in [0.4, 0.5) is 4.39 Å². The number of methoxy groups -OCH3 is 1. The summed E-state index contributed by atoms with van der Waals surface area (Å²) in [6.07, 6.45) is 2.52. The van der Waals surface area contributed by atoms with Gasteiger partial charge in [0.15, 0.2) is 11.6 Å². The highest BCUT2D eigenvalue weighted by molar-refractivity contribution is 5.30. The third kappa shape index (κ3) is 3.91. The van der Waals surface area contributed by atoms with Gasteiger partial charge in [-0.1, -0.05) is 12.1 Å². The van der Waals surface area contributed by atoms with Gasteiger partial charge in [0.1, 0.15) is 0 Å². The molecule has 0 saturated carbocycles. The van der Waals surface area contributed by atoms with Gasteiger partial charge in [-0.3, -0.25) is 0 Å². The average Bonchev–Trinajstić information content (AvgIpc) is 2.41. The molecule has 4 heteroatoms. The number of hydrogen-bond acceptors (Lipinski definition) is 3. The predicted molar refractivity (Wildman–Crippen MR) is 74.9 cm³/mol. The molecule has 1 fully saturated rings. The molecule has 0 radical (unpaired) electrons. The monoisotopic (exact) mass is 266 g/mol. The number of likely N-dealkylation sites (tertiary alicyclic amines) is 1. The molecule has 1 aromatic rings. The van der Waals surface area contributed by atoms with Crippen LogP contribution in [0.25, 0.3) is 0 Å². The molecule has 1 aliphatic rings. The fourth-order valence-corrected chi connectivity index (χ4v) is 2.70. The Bertz CT molecular complexity index is 411. The Labute approximate surface area is 114 Å². The molecular formula is C15H23FN2O. The average molecular weight is 266 g/mol. The zero-order valence-electron chi connectivity index (χ0n) is 11.8. The Balaban J connectivity index is 1.82. The lowest BCUT2D eigenvalue weighted by Gasteiger charge is -2.29. The van der Waals surface area contributed by atoms with Gasteiger partial charge in [0.2, 0.25) is 0 Å². The summed E-state index contributed by atoms with van der Waals surface area (Å²) >= 11 is 0. The van der Waals surface area contributed by atoms with Crippen molar-refractivity contribution in [3.8, 4) is 5.75 Å². The maximum absolute atomic E-state index is 13.9. The van der Waals surface area contributed by atoms with Gasteiger partial charge in [0, 0.05) is 18.7 Å². The van der Waals surface area contributed by atoms with Gasteiger partial charge in [0.25, 0.3) is 0 Å². The normalized spacial score (nSPS) is 20.5. The van der Waals surface area contributed by atoms with E-state index in [4.69, 9.17) is 4.74 Å². The zero-order chi connectivity index (χ0) is 13.7. The molecule has 1 atom stereocenters. The van der Waals surface area contributed by atoms with Crippen LogP contribution in [-0.4, -0.2) is 38.7 Å². The number of benzene rings is 1. The highest BCUT2D eigenvalue weighted by Crippen LogP contribution is 2.20. The van der Waals surface area contributed by atoms with Gasteiger partial charge in [-0.15, -0.1) is 0 Å². The van der Waals surface area contributed by atoms with Crippen molar-refractivity contribution < 1.29 is 9.13 Å². The maximum atomic E-state index is 13.9. The maximum Gasteiger partial charge on any atom is 0.169 e. The highest BCUT2D eigenvalue weighted by atomic mass is 19.1. The van der Waals surface area contributed by atoms with E-state index in [1.54, 1.807) is 12.1 Å². The van der Waals surface area contributed by atoms with Crippen molar-refractivity contribution in [3.05, 3.63) is 29.6 Å². The summed E-state index contributed by atoms with van der Waals surface area (Å²) < 4.78 is 18.9. The number of ether oxygens (including phenoxy) is 1. The summed E-state index contributed by atoms with van der Waals surface area (Å²) in [4.78, 5) is 2.36. The third-order valence-corrected chi connectivity index (χ3v) is 3.73. The molecule has 0 aliphatic carbocycles. The second kappa shape index (κ2) is 6.87. The Morgan fingerprint density at radius 2 is 2.32 bits per heavy atom. The van der Waals surface area contributed by atoms with Crippen LogP contribution in [0, 0.1) is 11.7 Å². The van der Waals surface area contributed by atoms with E-state index in [0.29, 0.717) is 23.8 Å². The number of nitrogens with one attached hydrogen (secondary N) is 1. The van der Waals surface area contributed by atoms with E-state index in [0.717, 1.165) is 13.1 Å².